The summed E-state index contributed by atoms with van der Waals surface area (Å²) >= 11 is 6.20. The Hall–Kier alpha value is -2.41. The molecule has 0 saturated heterocycles. The van der Waals surface area contributed by atoms with Gasteiger partial charge in [-0.05, 0) is 19.4 Å². The Morgan fingerprint density at radius 2 is 2.04 bits per heavy atom. The van der Waals surface area contributed by atoms with E-state index >= 15 is 0 Å². The van der Waals surface area contributed by atoms with Gasteiger partial charge in [-0.15, -0.1) is 0 Å². The van der Waals surface area contributed by atoms with Crippen molar-refractivity contribution < 1.29 is 9.90 Å². The summed E-state index contributed by atoms with van der Waals surface area (Å²) in [6.07, 6.45) is 2.46. The van der Waals surface area contributed by atoms with Gasteiger partial charge in [-0.3, -0.25) is 9.36 Å². The second-order valence-electron chi connectivity index (χ2n) is 5.77. The molecule has 0 unspecified atom stereocenters. The van der Waals surface area contributed by atoms with Gasteiger partial charge in [0.25, 0.3) is 5.56 Å². The Balaban J connectivity index is 1.91. The zero-order chi connectivity index (χ0) is 17.4. The normalized spacial score (nSPS) is 14.2. The Kier molecular flexibility index (Phi) is 4.28. The number of rotatable bonds is 2. The highest BCUT2D eigenvalue weighted by atomic mass is 35.5. The number of carboxylic acid groups (broad SMARTS) is 1. The smallest absolute Gasteiger partial charge is 0.337 e. The Bertz CT molecular complexity index is 878. The largest absolute Gasteiger partial charge is 0.478 e. The van der Waals surface area contributed by atoms with Gasteiger partial charge in [0.15, 0.2) is 0 Å². The molecule has 0 atom stereocenters. The third kappa shape index (κ3) is 2.87. The molecule has 0 aliphatic carbocycles. The maximum atomic E-state index is 12.4. The molecule has 8 heteroatoms. The van der Waals surface area contributed by atoms with E-state index in [1.165, 1.54) is 12.3 Å². The molecule has 7 nitrogen and oxygen atoms in total. The molecule has 2 aromatic heterocycles. The topological polar surface area (TPSA) is 88.3 Å². The van der Waals surface area contributed by atoms with Crippen molar-refractivity contribution in [2.24, 2.45) is 7.05 Å². The lowest BCUT2D eigenvalue weighted by Gasteiger charge is -2.22. The van der Waals surface area contributed by atoms with Crippen LogP contribution >= 0.6 is 11.6 Å². The summed E-state index contributed by atoms with van der Waals surface area (Å²) in [5.74, 6) is 0.152. The highest BCUT2D eigenvalue weighted by molar-refractivity contribution is 6.33. The summed E-state index contributed by atoms with van der Waals surface area (Å²) in [4.78, 5) is 34.1. The molecule has 0 saturated carbocycles. The minimum Gasteiger partial charge on any atom is -0.478 e. The molecule has 0 spiro atoms. The van der Waals surface area contributed by atoms with Gasteiger partial charge in [-0.25, -0.2) is 14.8 Å². The fraction of sp³-hybridized carbons (Fsp3) is 0.375. The van der Waals surface area contributed by atoms with E-state index < -0.39 is 5.97 Å². The first-order valence-electron chi connectivity index (χ1n) is 7.57. The van der Waals surface area contributed by atoms with Gasteiger partial charge in [0.1, 0.15) is 11.6 Å². The van der Waals surface area contributed by atoms with Gasteiger partial charge in [-0.2, -0.15) is 0 Å². The van der Waals surface area contributed by atoms with Crippen LogP contribution in [-0.2, 0) is 19.9 Å². The van der Waals surface area contributed by atoms with Gasteiger partial charge in [0.05, 0.1) is 16.3 Å². The van der Waals surface area contributed by atoms with Gasteiger partial charge in [-0.1, -0.05) is 11.6 Å². The van der Waals surface area contributed by atoms with Crippen molar-refractivity contribution in [1.29, 1.82) is 0 Å². The number of halogens is 1. The molecule has 3 heterocycles. The number of fused-ring (bicyclic) bond motifs is 1. The van der Waals surface area contributed by atoms with Crippen LogP contribution in [0, 0.1) is 6.92 Å². The molecule has 0 fully saturated rings. The van der Waals surface area contributed by atoms with E-state index in [4.69, 9.17) is 16.7 Å². The van der Waals surface area contributed by atoms with Crippen molar-refractivity contribution in [1.82, 2.24) is 14.5 Å². The second-order valence-corrected chi connectivity index (χ2v) is 6.18. The lowest BCUT2D eigenvalue weighted by molar-refractivity contribution is 0.0696. The number of pyridine rings is 1. The average molecular weight is 349 g/mol. The molecule has 1 N–H and O–H groups in total. The lowest BCUT2D eigenvalue weighted by atomic mass is 10.1. The van der Waals surface area contributed by atoms with Crippen LogP contribution in [0.5, 0.6) is 0 Å². The molecule has 1 aliphatic rings. The van der Waals surface area contributed by atoms with Crippen LogP contribution in [0.2, 0.25) is 5.02 Å². The fourth-order valence-electron chi connectivity index (χ4n) is 2.86. The van der Waals surface area contributed by atoms with Crippen LogP contribution in [0.3, 0.4) is 0 Å². The van der Waals surface area contributed by atoms with E-state index in [-0.39, 0.29) is 16.1 Å². The highest BCUT2D eigenvalue weighted by Gasteiger charge is 2.22. The van der Waals surface area contributed by atoms with E-state index in [0.717, 1.165) is 11.3 Å². The summed E-state index contributed by atoms with van der Waals surface area (Å²) in [5, 5.41) is 9.29. The monoisotopic (exact) mass is 348 g/mol. The molecule has 0 aromatic carbocycles. The molecule has 0 radical (unpaired) electrons. The first-order valence-corrected chi connectivity index (χ1v) is 7.95. The highest BCUT2D eigenvalue weighted by Crippen LogP contribution is 2.26. The summed E-state index contributed by atoms with van der Waals surface area (Å²) < 4.78 is 1.56. The van der Waals surface area contributed by atoms with E-state index in [1.807, 2.05) is 11.8 Å². The van der Waals surface area contributed by atoms with E-state index in [9.17, 15) is 9.59 Å². The third-order valence-corrected chi connectivity index (χ3v) is 4.59. The molecule has 126 valence electrons. The zero-order valence-electron chi connectivity index (χ0n) is 13.4. The zero-order valence-corrected chi connectivity index (χ0v) is 14.2. The second kappa shape index (κ2) is 6.24. The molecular formula is C16H17ClN4O3. The minimum atomic E-state index is -1.07. The Morgan fingerprint density at radius 1 is 1.33 bits per heavy atom. The minimum absolute atomic E-state index is 0.0142. The Morgan fingerprint density at radius 3 is 2.71 bits per heavy atom. The van der Waals surface area contributed by atoms with Gasteiger partial charge in [0.2, 0.25) is 0 Å². The summed E-state index contributed by atoms with van der Waals surface area (Å²) in [6, 6.07) is 1.39. The SMILES string of the molecule is Cc1nc2c(c(=O)n1C)CCN(c1ncc(C(=O)O)cc1Cl)CC2. The number of hydrogen-bond acceptors (Lipinski definition) is 5. The first kappa shape index (κ1) is 16.4. The number of carbonyl (C=O) groups is 1. The summed E-state index contributed by atoms with van der Waals surface area (Å²) in [6.45, 7) is 3.01. The quantitative estimate of drug-likeness (QED) is 0.883. The molecule has 24 heavy (non-hydrogen) atoms. The molecule has 0 bridgehead atoms. The van der Waals surface area contributed by atoms with Crippen molar-refractivity contribution >= 4 is 23.4 Å². The van der Waals surface area contributed by atoms with E-state index in [0.29, 0.717) is 37.6 Å². The third-order valence-electron chi connectivity index (χ3n) is 4.31. The van der Waals surface area contributed by atoms with Gasteiger partial charge >= 0.3 is 5.97 Å². The predicted octanol–water partition coefficient (Wildman–Crippen LogP) is 1.44. The molecule has 3 rings (SSSR count). The summed E-state index contributed by atoms with van der Waals surface area (Å²) in [5.41, 5.74) is 1.58. The van der Waals surface area contributed by atoms with Crippen LogP contribution in [0.25, 0.3) is 0 Å². The van der Waals surface area contributed by atoms with Crippen molar-refractivity contribution in [3.05, 3.63) is 50.3 Å². The van der Waals surface area contributed by atoms with Gasteiger partial charge < -0.3 is 10.0 Å². The molecule has 0 amide bonds. The molecule has 2 aromatic rings. The van der Waals surface area contributed by atoms with Crippen LogP contribution in [0.1, 0.15) is 27.4 Å². The fourth-order valence-corrected chi connectivity index (χ4v) is 3.15. The number of carboxylic acids is 1. The van der Waals surface area contributed by atoms with Crippen molar-refractivity contribution in [2.75, 3.05) is 18.0 Å². The summed E-state index contributed by atoms with van der Waals surface area (Å²) in [7, 11) is 1.72. The average Bonchev–Trinajstić information content (AvgIpc) is 2.75. The van der Waals surface area contributed by atoms with Crippen molar-refractivity contribution in [3.8, 4) is 0 Å². The van der Waals surface area contributed by atoms with Crippen molar-refractivity contribution in [2.45, 2.75) is 19.8 Å². The van der Waals surface area contributed by atoms with E-state index in [1.54, 1.807) is 11.6 Å². The van der Waals surface area contributed by atoms with E-state index in [2.05, 4.69) is 9.97 Å². The van der Waals surface area contributed by atoms with Gasteiger partial charge in [0, 0.05) is 38.3 Å². The molecular weight excluding hydrogens is 332 g/mol. The van der Waals surface area contributed by atoms with Crippen LogP contribution in [0.4, 0.5) is 5.82 Å². The van der Waals surface area contributed by atoms with Crippen LogP contribution in [0.15, 0.2) is 17.1 Å². The Labute approximate surface area is 143 Å². The maximum Gasteiger partial charge on any atom is 0.337 e. The number of aryl methyl sites for hydroxylation is 1. The number of aromatic nitrogens is 3. The van der Waals surface area contributed by atoms with Crippen LogP contribution in [-0.4, -0.2) is 38.7 Å². The molecule has 1 aliphatic heterocycles. The predicted molar refractivity (Wildman–Crippen MR) is 90.0 cm³/mol. The number of aromatic carboxylic acids is 1. The number of anilines is 1. The van der Waals surface area contributed by atoms with Crippen LogP contribution < -0.4 is 10.5 Å². The number of hydrogen-bond donors (Lipinski definition) is 1. The first-order chi connectivity index (χ1) is 11.4. The lowest BCUT2D eigenvalue weighted by Crippen LogP contribution is -2.28. The maximum absolute atomic E-state index is 12.4. The van der Waals surface area contributed by atoms with Crippen molar-refractivity contribution in [3.63, 3.8) is 0 Å². The number of nitrogens with zero attached hydrogens (tertiary/aromatic N) is 4. The standard InChI is InChI=1S/C16H17ClN4O3/c1-9-19-13-4-6-21(5-3-11(13)15(22)20(9)2)14-12(17)7-10(8-18-14)16(23)24/h7-8H,3-6H2,1-2H3,(H,23,24).